The van der Waals surface area contributed by atoms with E-state index >= 15 is 0 Å². The molecule has 0 fully saturated rings. The van der Waals surface area contributed by atoms with Crippen LogP contribution in [0.1, 0.15) is 44.2 Å². The summed E-state index contributed by atoms with van der Waals surface area (Å²) in [5.74, 6) is 0.451. The first-order chi connectivity index (χ1) is 14.1. The number of nitrogens with zero attached hydrogens (tertiary/aromatic N) is 2. The maximum absolute atomic E-state index is 8.60. The van der Waals surface area contributed by atoms with Crippen molar-refractivity contribution in [2.24, 2.45) is 14.1 Å². The van der Waals surface area contributed by atoms with Gasteiger partial charge in [0.2, 0.25) is 5.69 Å². The lowest BCUT2D eigenvalue weighted by atomic mass is 9.91. The smallest absolute Gasteiger partial charge is 0.183 e. The molecule has 1 heterocycles. The van der Waals surface area contributed by atoms with E-state index in [0.29, 0.717) is 5.92 Å². The van der Waals surface area contributed by atoms with Gasteiger partial charge in [-0.25, -0.2) is 0 Å². The van der Waals surface area contributed by atoms with Crippen LogP contribution in [0.5, 0.6) is 0 Å². The molecule has 0 saturated carbocycles. The van der Waals surface area contributed by atoms with Crippen molar-refractivity contribution in [2.45, 2.75) is 39.5 Å². The van der Waals surface area contributed by atoms with Gasteiger partial charge < -0.3 is 0 Å². The van der Waals surface area contributed by atoms with E-state index in [-0.39, 0.29) is 0 Å². The molecule has 7 heteroatoms. The Hall–Kier alpha value is -2.22. The minimum atomic E-state index is -4.69. The Bertz CT molecular complexity index is 957. The Morgan fingerprint density at radius 3 is 2.07 bits per heavy atom. The van der Waals surface area contributed by atoms with Gasteiger partial charge in [-0.3, -0.25) is 0 Å². The minimum Gasteiger partial charge on any atom is -0.183 e. The average molecular weight is 434 g/mol. The number of halogens is 1. The quantitative estimate of drug-likeness (QED) is 0.610. The lowest BCUT2D eigenvalue weighted by molar-refractivity contribution is -1.92. The van der Waals surface area contributed by atoms with E-state index in [9.17, 15) is 0 Å². The highest BCUT2D eigenvalue weighted by molar-refractivity contribution is 5.74. The molecule has 0 saturated heterocycles. The highest BCUT2D eigenvalue weighted by atomic mass is 35.7. The van der Waals surface area contributed by atoms with Gasteiger partial charge in [0.15, 0.2) is 7.05 Å². The zero-order valence-electron chi connectivity index (χ0n) is 18.1. The number of aromatic nitrogens is 2. The molecule has 0 aliphatic rings. The van der Waals surface area contributed by atoms with Crippen LogP contribution in [-0.4, -0.2) is 9.34 Å². The van der Waals surface area contributed by atoms with Crippen LogP contribution in [-0.2, 0) is 20.5 Å². The van der Waals surface area contributed by atoms with Gasteiger partial charge in [-0.2, -0.15) is 18.7 Å². The first kappa shape index (κ1) is 24.1. The van der Waals surface area contributed by atoms with E-state index in [1.807, 2.05) is 0 Å². The summed E-state index contributed by atoms with van der Waals surface area (Å²) < 4.78 is 37.3. The molecule has 0 atom stereocenters. The van der Waals surface area contributed by atoms with Crippen molar-refractivity contribution in [1.29, 1.82) is 0 Å². The van der Waals surface area contributed by atoms with Crippen LogP contribution >= 0.6 is 0 Å². The summed E-state index contributed by atoms with van der Waals surface area (Å²) in [6, 6.07) is 19.6. The Kier molecular flexibility index (Phi) is 8.18. The van der Waals surface area contributed by atoms with Crippen molar-refractivity contribution in [1.82, 2.24) is 4.68 Å². The standard InChI is InChI=1S/C23H29N2.ClHO4/c1-6-12-18-13-10-11-16-20(18)23-21(17(2)3)22(24(4)25(23)5)19-14-8-7-9-15-19;2-1(3,4)5/h7-11,13-17H,6,12H2,1-5H3;(H,2,3,4,5)/q+1;. The number of hydrogen-bond donors (Lipinski definition) is 1. The number of hydrogen-bond acceptors (Lipinski definition) is 4. The Balaban J connectivity index is 0.000000575. The molecule has 2 aromatic carbocycles. The van der Waals surface area contributed by atoms with Gasteiger partial charge in [0.25, 0.3) is 0 Å². The van der Waals surface area contributed by atoms with Crippen LogP contribution in [0.4, 0.5) is 0 Å². The molecule has 0 radical (unpaired) electrons. The third-order valence-corrected chi connectivity index (χ3v) is 5.02. The second-order valence-corrected chi connectivity index (χ2v) is 8.27. The summed E-state index contributed by atoms with van der Waals surface area (Å²) in [5, 5.41) is 0. The molecule has 0 aliphatic carbocycles. The van der Waals surface area contributed by atoms with E-state index < -0.39 is 10.2 Å². The normalized spacial score (nSPS) is 11.4. The Morgan fingerprint density at radius 1 is 1.00 bits per heavy atom. The molecule has 0 aliphatic heterocycles. The molecule has 0 amide bonds. The number of rotatable bonds is 5. The third kappa shape index (κ3) is 5.90. The third-order valence-electron chi connectivity index (χ3n) is 5.02. The molecule has 1 aromatic heterocycles. The van der Waals surface area contributed by atoms with Crippen molar-refractivity contribution in [3.05, 3.63) is 65.7 Å². The fraction of sp³-hybridized carbons (Fsp3) is 0.348. The molecule has 162 valence electrons. The lowest BCUT2D eigenvalue weighted by Crippen LogP contribution is -2.58. The molecule has 3 rings (SSSR count). The molecule has 3 aromatic rings. The van der Waals surface area contributed by atoms with Crippen molar-refractivity contribution in [3.8, 4) is 22.5 Å². The van der Waals surface area contributed by atoms with Crippen LogP contribution in [0, 0.1) is 10.2 Å². The summed E-state index contributed by atoms with van der Waals surface area (Å²) in [6.07, 6.45) is 2.28. The van der Waals surface area contributed by atoms with Crippen LogP contribution in [0.25, 0.3) is 22.5 Å². The van der Waals surface area contributed by atoms with Crippen LogP contribution in [0.2, 0.25) is 0 Å². The molecular weight excluding hydrogens is 404 g/mol. The zero-order chi connectivity index (χ0) is 22.5. The molecule has 0 bridgehead atoms. The van der Waals surface area contributed by atoms with Crippen LogP contribution < -0.4 is 18.7 Å². The summed E-state index contributed by atoms with van der Waals surface area (Å²) in [4.78, 5) is 0. The number of benzene rings is 2. The SMILES string of the molecule is CCCc1ccccc1-c1c(C(C)C)c(-c2ccccc2)n(C)[n+]1C.[O-][Cl+3]([O-])([O-])O. The molecule has 6 nitrogen and oxygen atoms in total. The maximum atomic E-state index is 8.60. The van der Waals surface area contributed by atoms with Gasteiger partial charge in [0.05, 0.1) is 33.1 Å². The molecule has 30 heavy (non-hydrogen) atoms. The monoisotopic (exact) mass is 433 g/mol. The van der Waals surface area contributed by atoms with Crippen LogP contribution in [0.15, 0.2) is 54.6 Å². The van der Waals surface area contributed by atoms with Gasteiger partial charge in [-0.1, -0.05) is 75.7 Å². The highest BCUT2D eigenvalue weighted by Gasteiger charge is 2.31. The minimum absolute atomic E-state index is 0.451. The van der Waals surface area contributed by atoms with E-state index in [0.717, 1.165) is 12.8 Å². The van der Waals surface area contributed by atoms with E-state index in [1.54, 1.807) is 0 Å². The molecule has 0 spiro atoms. The average Bonchev–Trinajstić information content (AvgIpc) is 2.93. The maximum Gasteiger partial charge on any atom is 0.242 e. The van der Waals surface area contributed by atoms with Gasteiger partial charge in [0.1, 0.15) is 5.69 Å². The second kappa shape index (κ2) is 10.2. The van der Waals surface area contributed by atoms with E-state index in [1.165, 1.54) is 33.6 Å². The first-order valence-electron chi connectivity index (χ1n) is 9.92. The van der Waals surface area contributed by atoms with Gasteiger partial charge >= 0.3 is 0 Å². The van der Waals surface area contributed by atoms with Crippen molar-refractivity contribution in [2.75, 3.05) is 0 Å². The van der Waals surface area contributed by atoms with Crippen LogP contribution in [0.3, 0.4) is 0 Å². The van der Waals surface area contributed by atoms with Crippen molar-refractivity contribution < 1.29 is 33.6 Å². The van der Waals surface area contributed by atoms with Gasteiger partial charge in [0, 0.05) is 5.56 Å². The first-order valence-corrected chi connectivity index (χ1v) is 11.2. The predicted molar refractivity (Wildman–Crippen MR) is 108 cm³/mol. The summed E-state index contributed by atoms with van der Waals surface area (Å²) in [7, 11) is -0.351. The second-order valence-electron chi connectivity index (χ2n) is 7.48. The Morgan fingerprint density at radius 2 is 1.53 bits per heavy atom. The van der Waals surface area contributed by atoms with E-state index in [2.05, 4.69) is 98.8 Å². The zero-order valence-corrected chi connectivity index (χ0v) is 18.9. The van der Waals surface area contributed by atoms with Crippen molar-refractivity contribution >= 4 is 0 Å². The fourth-order valence-corrected chi connectivity index (χ4v) is 3.80. The van der Waals surface area contributed by atoms with Gasteiger partial charge in [-0.05, 0) is 24.0 Å². The molecule has 0 unspecified atom stereocenters. The predicted octanol–water partition coefficient (Wildman–Crippen LogP) is 1.14. The lowest BCUT2D eigenvalue weighted by Gasteiger charge is -2.09. The summed E-state index contributed by atoms with van der Waals surface area (Å²) in [6.45, 7) is 6.85. The summed E-state index contributed by atoms with van der Waals surface area (Å²) in [5.41, 5.74) is 8.18. The molecular formula is C23H30ClN2O4+. The van der Waals surface area contributed by atoms with Crippen molar-refractivity contribution in [3.63, 3.8) is 0 Å². The largest absolute Gasteiger partial charge is 0.242 e. The van der Waals surface area contributed by atoms with E-state index in [4.69, 9.17) is 18.6 Å². The van der Waals surface area contributed by atoms with Gasteiger partial charge in [-0.15, -0.1) is 4.68 Å². The topological polar surface area (TPSA) is 98.2 Å². The summed E-state index contributed by atoms with van der Waals surface area (Å²) >= 11 is 0. The number of aryl methyl sites for hydroxylation is 1. The highest BCUT2D eigenvalue weighted by Crippen LogP contribution is 2.37. The fourth-order valence-electron chi connectivity index (χ4n) is 3.80. The molecule has 1 N–H and O–H groups in total. The Labute approximate surface area is 180 Å².